The minimum atomic E-state index is -4.40. The lowest BCUT2D eigenvalue weighted by Gasteiger charge is -2.10. The number of rotatable bonds is 4. The lowest BCUT2D eigenvalue weighted by atomic mass is 10.1. The van der Waals surface area contributed by atoms with Crippen molar-refractivity contribution in [1.29, 1.82) is 0 Å². The van der Waals surface area contributed by atoms with Crippen LogP contribution in [0.25, 0.3) is 22.2 Å². The Balaban J connectivity index is 0.000000283. The molecule has 5 rings (SSSR count). The molecule has 0 radical (unpaired) electrons. The van der Waals surface area contributed by atoms with Crippen LogP contribution in [0.15, 0.2) is 107 Å². The molecule has 0 amide bonds. The summed E-state index contributed by atoms with van der Waals surface area (Å²) in [6.45, 7) is 0. The number of benzene rings is 3. The molecule has 0 spiro atoms. The van der Waals surface area contributed by atoms with E-state index in [4.69, 9.17) is 4.55 Å². The molecule has 194 valence electrons. The third-order valence-corrected chi connectivity index (χ3v) is 6.06. The van der Waals surface area contributed by atoms with Gasteiger partial charge in [-0.3, -0.25) is 9.54 Å². The second kappa shape index (κ2) is 10.8. The maximum Gasteiger partial charge on any atom is 0.416 e. The van der Waals surface area contributed by atoms with E-state index in [9.17, 15) is 26.4 Å². The highest BCUT2D eigenvalue weighted by molar-refractivity contribution is 7.85. The SMILES string of the molecule is O=S(=O)(O)c1ccccc1.O=c1nc(Nc2ccc(C(F)(F)F)cc2)cc(-c2ccc3cccnc3c2)[nH]1. The van der Waals surface area contributed by atoms with Gasteiger partial charge in [-0.25, -0.2) is 4.79 Å². The summed E-state index contributed by atoms with van der Waals surface area (Å²) in [5, 5.41) is 3.82. The summed E-state index contributed by atoms with van der Waals surface area (Å²) < 4.78 is 67.2. The van der Waals surface area contributed by atoms with Gasteiger partial charge in [0, 0.05) is 28.9 Å². The Morgan fingerprint density at radius 1 is 0.868 bits per heavy atom. The number of aromatic nitrogens is 3. The molecule has 0 aliphatic rings. The monoisotopic (exact) mass is 540 g/mol. The Morgan fingerprint density at radius 2 is 1.58 bits per heavy atom. The molecule has 2 aromatic heterocycles. The molecule has 0 bridgehead atoms. The van der Waals surface area contributed by atoms with E-state index < -0.39 is 27.5 Å². The maximum absolute atomic E-state index is 12.7. The predicted molar refractivity (Wildman–Crippen MR) is 137 cm³/mol. The third kappa shape index (κ3) is 6.81. The Hall–Kier alpha value is -4.55. The van der Waals surface area contributed by atoms with Crippen molar-refractivity contribution in [3.8, 4) is 11.3 Å². The van der Waals surface area contributed by atoms with Gasteiger partial charge in [-0.15, -0.1) is 0 Å². The Labute approximate surface area is 214 Å². The smallest absolute Gasteiger partial charge is 0.340 e. The second-order valence-electron chi connectivity index (χ2n) is 7.88. The first kappa shape index (κ1) is 26.5. The molecule has 0 saturated carbocycles. The highest BCUT2D eigenvalue weighted by Gasteiger charge is 2.29. The van der Waals surface area contributed by atoms with E-state index in [1.807, 2.05) is 30.3 Å². The average Bonchev–Trinajstić information content (AvgIpc) is 2.88. The Bertz CT molecular complexity index is 1720. The van der Waals surface area contributed by atoms with Crippen LogP contribution in [-0.2, 0) is 16.3 Å². The summed E-state index contributed by atoms with van der Waals surface area (Å²) in [5.41, 5.74) is 1.09. The fourth-order valence-corrected chi connectivity index (χ4v) is 3.90. The molecule has 3 aromatic carbocycles. The van der Waals surface area contributed by atoms with Gasteiger partial charge in [0.25, 0.3) is 10.1 Å². The van der Waals surface area contributed by atoms with Crippen LogP contribution >= 0.6 is 0 Å². The molecule has 8 nitrogen and oxygen atoms in total. The molecule has 0 aliphatic heterocycles. The number of alkyl halides is 3. The Kier molecular flexibility index (Phi) is 7.55. The number of halogens is 3. The summed E-state index contributed by atoms with van der Waals surface area (Å²) >= 11 is 0. The number of anilines is 2. The first-order valence-corrected chi connectivity index (χ1v) is 12.4. The molecule has 0 saturated heterocycles. The number of nitrogens with zero attached hydrogens (tertiary/aromatic N) is 2. The van der Waals surface area contributed by atoms with Gasteiger partial charge in [0.2, 0.25) is 0 Å². The fourth-order valence-electron chi connectivity index (χ4n) is 3.39. The number of nitrogens with one attached hydrogen (secondary N) is 2. The topological polar surface area (TPSA) is 125 Å². The van der Waals surface area contributed by atoms with Crippen LogP contribution in [0.2, 0.25) is 0 Å². The summed E-state index contributed by atoms with van der Waals surface area (Å²) in [7, 11) is -4.00. The number of fused-ring (bicyclic) bond motifs is 1. The van der Waals surface area contributed by atoms with Crippen molar-refractivity contribution in [1.82, 2.24) is 15.0 Å². The molecule has 12 heteroatoms. The van der Waals surface area contributed by atoms with Crippen molar-refractivity contribution in [2.75, 3.05) is 5.32 Å². The van der Waals surface area contributed by atoms with Crippen LogP contribution in [0.4, 0.5) is 24.7 Å². The van der Waals surface area contributed by atoms with Crippen molar-refractivity contribution in [2.45, 2.75) is 11.1 Å². The van der Waals surface area contributed by atoms with E-state index in [0.29, 0.717) is 11.4 Å². The summed E-state index contributed by atoms with van der Waals surface area (Å²) in [6, 6.07) is 22.9. The van der Waals surface area contributed by atoms with Crippen LogP contribution in [0.1, 0.15) is 5.56 Å². The minimum Gasteiger partial charge on any atom is -0.340 e. The number of pyridine rings is 1. The number of hydrogen-bond acceptors (Lipinski definition) is 6. The number of aromatic amines is 1. The first-order chi connectivity index (χ1) is 18.0. The largest absolute Gasteiger partial charge is 0.416 e. The standard InChI is InChI=1S/C20H13F3N4O.C6H6O3S/c21-20(22,23)14-5-7-15(8-6-14)25-18-11-17(26-19(28)27-18)13-4-3-12-2-1-9-24-16(12)10-13;7-10(8,9)6-4-2-1-3-5-6/h1-11H,(H2,25,26,27,28);1-5H,(H,7,8,9). The van der Waals surface area contributed by atoms with Gasteiger partial charge in [0.1, 0.15) is 5.82 Å². The molecule has 38 heavy (non-hydrogen) atoms. The van der Waals surface area contributed by atoms with Gasteiger partial charge < -0.3 is 10.3 Å². The van der Waals surface area contributed by atoms with Crippen molar-refractivity contribution in [3.05, 3.63) is 113 Å². The molecule has 5 aromatic rings. The van der Waals surface area contributed by atoms with E-state index in [2.05, 4.69) is 20.3 Å². The van der Waals surface area contributed by atoms with Crippen LogP contribution in [0, 0.1) is 0 Å². The van der Waals surface area contributed by atoms with E-state index in [-0.39, 0.29) is 10.7 Å². The highest BCUT2D eigenvalue weighted by atomic mass is 32.2. The van der Waals surface area contributed by atoms with E-state index in [1.165, 1.54) is 24.3 Å². The fraction of sp³-hybridized carbons (Fsp3) is 0.0385. The maximum atomic E-state index is 12.7. The third-order valence-electron chi connectivity index (χ3n) is 5.19. The van der Waals surface area contributed by atoms with Gasteiger partial charge in [-0.2, -0.15) is 26.6 Å². The van der Waals surface area contributed by atoms with Crippen molar-refractivity contribution < 1.29 is 26.1 Å². The first-order valence-electron chi connectivity index (χ1n) is 10.9. The van der Waals surface area contributed by atoms with Gasteiger partial charge in [-0.05, 0) is 48.5 Å². The van der Waals surface area contributed by atoms with E-state index in [1.54, 1.807) is 30.5 Å². The molecule has 0 atom stereocenters. The van der Waals surface area contributed by atoms with Crippen LogP contribution in [0.5, 0.6) is 0 Å². The Morgan fingerprint density at radius 3 is 2.21 bits per heavy atom. The number of hydrogen-bond donors (Lipinski definition) is 3. The van der Waals surface area contributed by atoms with E-state index in [0.717, 1.165) is 28.6 Å². The van der Waals surface area contributed by atoms with Crippen molar-refractivity contribution >= 4 is 32.5 Å². The van der Waals surface area contributed by atoms with Gasteiger partial charge in [0.15, 0.2) is 0 Å². The van der Waals surface area contributed by atoms with Crippen LogP contribution < -0.4 is 11.0 Å². The zero-order valence-electron chi connectivity index (χ0n) is 19.3. The molecule has 0 aliphatic carbocycles. The van der Waals surface area contributed by atoms with Crippen LogP contribution in [0.3, 0.4) is 0 Å². The highest BCUT2D eigenvalue weighted by Crippen LogP contribution is 2.30. The lowest BCUT2D eigenvalue weighted by Crippen LogP contribution is -2.13. The zero-order chi connectivity index (χ0) is 27.3. The lowest BCUT2D eigenvalue weighted by molar-refractivity contribution is -0.137. The van der Waals surface area contributed by atoms with Crippen LogP contribution in [-0.4, -0.2) is 27.9 Å². The van der Waals surface area contributed by atoms with Crippen molar-refractivity contribution in [3.63, 3.8) is 0 Å². The average molecular weight is 541 g/mol. The van der Waals surface area contributed by atoms with Crippen molar-refractivity contribution in [2.24, 2.45) is 0 Å². The molecular weight excluding hydrogens is 521 g/mol. The van der Waals surface area contributed by atoms with E-state index >= 15 is 0 Å². The van der Waals surface area contributed by atoms with Gasteiger partial charge >= 0.3 is 11.9 Å². The molecule has 0 unspecified atom stereocenters. The van der Waals surface area contributed by atoms with Gasteiger partial charge in [-0.1, -0.05) is 36.4 Å². The number of H-pyrrole nitrogens is 1. The quantitative estimate of drug-likeness (QED) is 0.251. The summed E-state index contributed by atoms with van der Waals surface area (Å²) in [4.78, 5) is 22.7. The molecule has 2 heterocycles. The zero-order valence-corrected chi connectivity index (χ0v) is 20.2. The molecule has 3 N–H and O–H groups in total. The summed E-state index contributed by atoms with van der Waals surface area (Å²) in [5.74, 6) is 0.222. The molecule has 0 fully saturated rings. The van der Waals surface area contributed by atoms with Gasteiger partial charge in [0.05, 0.1) is 21.7 Å². The molecular formula is C26H19F3N4O4S. The second-order valence-corrected chi connectivity index (χ2v) is 9.31. The summed E-state index contributed by atoms with van der Waals surface area (Å²) in [6.07, 6.45) is -2.73. The minimum absolute atomic E-state index is 0.0741. The predicted octanol–water partition coefficient (Wildman–Crippen LogP) is 5.68. The normalized spacial score (nSPS) is 11.5.